The fourth-order valence-electron chi connectivity index (χ4n) is 1.54. The maximum Gasteiger partial charge on any atom is 0.149 e. The molecule has 0 saturated heterocycles. The highest BCUT2D eigenvalue weighted by molar-refractivity contribution is 9.10. The molecule has 0 aliphatic rings. The third kappa shape index (κ3) is 4.61. The summed E-state index contributed by atoms with van der Waals surface area (Å²) in [5, 5.41) is 4.38. The number of nitrogen functional groups attached to an aromatic ring is 1. The van der Waals surface area contributed by atoms with Gasteiger partial charge in [-0.05, 0) is 27.8 Å². The molecule has 0 fully saturated rings. The number of hydrogen-bond acceptors (Lipinski definition) is 4. The second-order valence-corrected chi connectivity index (χ2v) is 8.79. The largest absolute Gasteiger partial charge is 0.383 e. The topological polar surface area (TPSA) is 78.0 Å². The number of aryl methyl sites for hydroxylation is 1. The first-order chi connectivity index (χ1) is 7.99. The molecule has 0 aliphatic heterocycles. The molecule has 0 spiro atoms. The van der Waals surface area contributed by atoms with Crippen LogP contribution in [0.5, 0.6) is 0 Å². The molecule has 1 aromatic heterocycles. The van der Waals surface area contributed by atoms with Gasteiger partial charge in [0, 0.05) is 6.26 Å². The molecule has 0 saturated carbocycles. The van der Waals surface area contributed by atoms with Crippen LogP contribution in [-0.4, -0.2) is 30.2 Å². The minimum atomic E-state index is -3.01. The van der Waals surface area contributed by atoms with Crippen LogP contribution in [0.4, 0.5) is 5.82 Å². The lowest BCUT2D eigenvalue weighted by molar-refractivity contribution is 0.403. The monoisotopic (exact) mass is 337 g/mol. The second-order valence-electron chi connectivity index (χ2n) is 5.74. The van der Waals surface area contributed by atoms with E-state index in [0.717, 1.165) is 16.6 Å². The number of nitrogens with zero attached hydrogens (tertiary/aromatic N) is 2. The summed E-state index contributed by atoms with van der Waals surface area (Å²) in [5.41, 5.74) is 6.88. The van der Waals surface area contributed by atoms with Gasteiger partial charge in [-0.1, -0.05) is 20.8 Å². The summed E-state index contributed by atoms with van der Waals surface area (Å²) in [6, 6.07) is 0. The first kappa shape index (κ1) is 15.5. The molecule has 0 amide bonds. The SMILES string of the molecule is CC(C)(C)Cc1nn(CCS(C)(=O)=O)c(N)c1Br. The van der Waals surface area contributed by atoms with Gasteiger partial charge in [-0.15, -0.1) is 0 Å². The number of hydrogen-bond donors (Lipinski definition) is 1. The van der Waals surface area contributed by atoms with E-state index in [-0.39, 0.29) is 17.7 Å². The Kier molecular flexibility index (Phi) is 4.48. The van der Waals surface area contributed by atoms with Gasteiger partial charge in [-0.3, -0.25) is 0 Å². The van der Waals surface area contributed by atoms with Crippen LogP contribution in [0.2, 0.25) is 0 Å². The van der Waals surface area contributed by atoms with Crippen LogP contribution in [0.15, 0.2) is 4.47 Å². The lowest BCUT2D eigenvalue weighted by Gasteiger charge is -2.16. The van der Waals surface area contributed by atoms with Crippen molar-refractivity contribution in [1.82, 2.24) is 9.78 Å². The Morgan fingerprint density at radius 1 is 1.39 bits per heavy atom. The molecule has 18 heavy (non-hydrogen) atoms. The Bertz CT molecular complexity index is 529. The second kappa shape index (κ2) is 5.21. The van der Waals surface area contributed by atoms with Crippen LogP contribution in [0.25, 0.3) is 0 Å². The summed E-state index contributed by atoms with van der Waals surface area (Å²) in [6.45, 7) is 6.63. The van der Waals surface area contributed by atoms with Gasteiger partial charge in [0.2, 0.25) is 0 Å². The van der Waals surface area contributed by atoms with Crippen molar-refractivity contribution < 1.29 is 8.42 Å². The van der Waals surface area contributed by atoms with E-state index in [1.807, 2.05) is 0 Å². The summed E-state index contributed by atoms with van der Waals surface area (Å²) in [5.74, 6) is 0.526. The van der Waals surface area contributed by atoms with Gasteiger partial charge in [0.05, 0.1) is 22.5 Å². The van der Waals surface area contributed by atoms with Gasteiger partial charge in [0.1, 0.15) is 15.7 Å². The first-order valence-corrected chi connectivity index (χ1v) is 8.53. The zero-order valence-electron chi connectivity index (χ0n) is 11.2. The molecule has 1 heterocycles. The molecule has 0 aromatic carbocycles. The van der Waals surface area contributed by atoms with Crippen LogP contribution in [0, 0.1) is 5.41 Å². The molecule has 2 N–H and O–H groups in total. The van der Waals surface area contributed by atoms with Crippen LogP contribution >= 0.6 is 15.9 Å². The Labute approximate surface area is 117 Å². The molecule has 0 unspecified atom stereocenters. The summed E-state index contributed by atoms with van der Waals surface area (Å²) in [4.78, 5) is 0. The van der Waals surface area contributed by atoms with Crippen LogP contribution in [0.3, 0.4) is 0 Å². The average Bonchev–Trinajstić information content (AvgIpc) is 2.40. The van der Waals surface area contributed by atoms with Crippen molar-refractivity contribution in [1.29, 1.82) is 0 Å². The zero-order chi connectivity index (χ0) is 14.1. The first-order valence-electron chi connectivity index (χ1n) is 5.68. The molecule has 0 radical (unpaired) electrons. The summed E-state index contributed by atoms with van der Waals surface area (Å²) in [7, 11) is -3.01. The minimum Gasteiger partial charge on any atom is -0.383 e. The van der Waals surface area contributed by atoms with Crippen molar-refractivity contribution in [2.45, 2.75) is 33.7 Å². The highest BCUT2D eigenvalue weighted by Crippen LogP contribution is 2.29. The molecule has 104 valence electrons. The van der Waals surface area contributed by atoms with E-state index in [1.165, 1.54) is 6.26 Å². The fourth-order valence-corrected chi connectivity index (χ4v) is 2.47. The summed E-state index contributed by atoms with van der Waals surface area (Å²) < 4.78 is 24.6. The predicted molar refractivity (Wildman–Crippen MR) is 77.2 cm³/mol. The van der Waals surface area contributed by atoms with Gasteiger partial charge >= 0.3 is 0 Å². The van der Waals surface area contributed by atoms with Crippen molar-refractivity contribution in [3.05, 3.63) is 10.2 Å². The van der Waals surface area contributed by atoms with Crippen molar-refractivity contribution >= 4 is 31.6 Å². The Morgan fingerprint density at radius 2 is 1.94 bits per heavy atom. The maximum absolute atomic E-state index is 11.1. The van der Waals surface area contributed by atoms with Gasteiger partial charge in [0.25, 0.3) is 0 Å². The number of halogens is 1. The molecular formula is C11H20BrN3O2S. The quantitative estimate of drug-likeness (QED) is 0.909. The van der Waals surface area contributed by atoms with Gasteiger partial charge in [-0.2, -0.15) is 5.10 Å². The van der Waals surface area contributed by atoms with Crippen molar-refractivity contribution in [2.75, 3.05) is 17.7 Å². The van der Waals surface area contributed by atoms with Crippen molar-refractivity contribution in [2.24, 2.45) is 5.41 Å². The van der Waals surface area contributed by atoms with Crippen LogP contribution in [-0.2, 0) is 22.8 Å². The number of nitrogens with two attached hydrogens (primary N) is 1. The molecule has 0 bridgehead atoms. The predicted octanol–water partition coefficient (Wildman–Crippen LogP) is 1.86. The Balaban J connectivity index is 2.92. The lowest BCUT2D eigenvalue weighted by atomic mass is 9.91. The normalized spacial score (nSPS) is 12.9. The number of anilines is 1. The van der Waals surface area contributed by atoms with Gasteiger partial charge in [0.15, 0.2) is 0 Å². The number of rotatable bonds is 4. The van der Waals surface area contributed by atoms with E-state index in [4.69, 9.17) is 5.73 Å². The molecule has 7 heteroatoms. The standard InChI is InChI=1S/C11H20BrN3O2S/c1-11(2,3)7-8-9(12)10(13)15(14-8)5-6-18(4,16)17/h5-7,13H2,1-4H3. The van der Waals surface area contributed by atoms with E-state index < -0.39 is 9.84 Å². The molecule has 1 rings (SSSR count). The molecule has 1 aromatic rings. The zero-order valence-corrected chi connectivity index (χ0v) is 13.6. The van der Waals surface area contributed by atoms with Gasteiger partial charge < -0.3 is 5.73 Å². The number of aromatic nitrogens is 2. The van der Waals surface area contributed by atoms with Gasteiger partial charge in [-0.25, -0.2) is 13.1 Å². The Morgan fingerprint density at radius 3 is 2.39 bits per heavy atom. The van der Waals surface area contributed by atoms with E-state index in [0.29, 0.717) is 5.82 Å². The average molecular weight is 338 g/mol. The van der Waals surface area contributed by atoms with E-state index in [9.17, 15) is 8.42 Å². The molecule has 0 aliphatic carbocycles. The van der Waals surface area contributed by atoms with E-state index in [2.05, 4.69) is 41.8 Å². The fraction of sp³-hybridized carbons (Fsp3) is 0.727. The van der Waals surface area contributed by atoms with Crippen LogP contribution < -0.4 is 5.73 Å². The highest BCUT2D eigenvalue weighted by atomic mass is 79.9. The third-order valence-corrected chi connectivity index (χ3v) is 4.16. The van der Waals surface area contributed by atoms with Crippen molar-refractivity contribution in [3.8, 4) is 0 Å². The Hall–Kier alpha value is -0.560. The molecule has 0 atom stereocenters. The minimum absolute atomic E-state index is 0.0419. The van der Waals surface area contributed by atoms with E-state index >= 15 is 0 Å². The van der Waals surface area contributed by atoms with E-state index in [1.54, 1.807) is 4.68 Å². The number of sulfone groups is 1. The highest BCUT2D eigenvalue weighted by Gasteiger charge is 2.20. The smallest absolute Gasteiger partial charge is 0.149 e. The summed E-state index contributed by atoms with van der Waals surface area (Å²) in [6.07, 6.45) is 1.99. The maximum atomic E-state index is 11.1. The summed E-state index contributed by atoms with van der Waals surface area (Å²) >= 11 is 3.42. The molecule has 5 nitrogen and oxygen atoms in total. The molecular weight excluding hydrogens is 318 g/mol. The van der Waals surface area contributed by atoms with Crippen molar-refractivity contribution in [3.63, 3.8) is 0 Å². The van der Waals surface area contributed by atoms with Crippen LogP contribution in [0.1, 0.15) is 26.5 Å². The third-order valence-electron chi connectivity index (χ3n) is 2.37. The lowest BCUT2D eigenvalue weighted by Crippen LogP contribution is -2.15.